The molecule has 0 amide bonds. The van der Waals surface area contributed by atoms with Crippen LogP contribution in [0.4, 0.5) is 18.9 Å². The monoisotopic (exact) mass is 439 g/mol. The summed E-state index contributed by atoms with van der Waals surface area (Å²) < 4.78 is 40.3. The molecule has 3 rings (SSSR count). The Kier molecular flexibility index (Phi) is 7.14. The highest BCUT2D eigenvalue weighted by Crippen LogP contribution is 2.36. The number of halogens is 4. The van der Waals surface area contributed by atoms with E-state index < -0.39 is 11.7 Å². The molecule has 1 N–H and O–H groups in total. The molecule has 1 aliphatic carbocycles. The first kappa shape index (κ1) is 21.6. The number of alkyl halides is 3. The standard InChI is InChI=1S/C21H21ClF3N3S/c22-17-8-9-19(18(11-17)21(23,24)25)27-20(29)28(13-15-5-2-1-3-6-15)14-16-7-4-10-26-12-16/h1-2,4,7-12,15H,3,5-6,13-14H2,(H,27,29)/t15-/m1/s1. The van der Waals surface area contributed by atoms with Gasteiger partial charge in [0, 0.05) is 30.5 Å². The van der Waals surface area contributed by atoms with Crippen LogP contribution in [-0.2, 0) is 12.7 Å². The van der Waals surface area contributed by atoms with E-state index in [9.17, 15) is 13.2 Å². The minimum Gasteiger partial charge on any atom is -0.344 e. The fraction of sp³-hybridized carbons (Fsp3) is 0.333. The molecule has 0 unspecified atom stereocenters. The summed E-state index contributed by atoms with van der Waals surface area (Å²) in [6.07, 6.45) is 6.14. The van der Waals surface area contributed by atoms with Crippen LogP contribution in [0.15, 0.2) is 54.9 Å². The van der Waals surface area contributed by atoms with Crippen molar-refractivity contribution in [2.75, 3.05) is 11.9 Å². The van der Waals surface area contributed by atoms with E-state index in [0.717, 1.165) is 30.9 Å². The van der Waals surface area contributed by atoms with E-state index in [4.69, 9.17) is 23.8 Å². The Hall–Kier alpha value is -2.12. The third-order valence-electron chi connectivity index (χ3n) is 4.77. The molecule has 154 valence electrons. The molecule has 0 saturated carbocycles. The smallest absolute Gasteiger partial charge is 0.344 e. The lowest BCUT2D eigenvalue weighted by Crippen LogP contribution is -2.38. The second-order valence-electron chi connectivity index (χ2n) is 7.01. The Bertz CT molecular complexity index is 871. The van der Waals surface area contributed by atoms with Crippen molar-refractivity contribution in [3.8, 4) is 0 Å². The van der Waals surface area contributed by atoms with Gasteiger partial charge in [0.1, 0.15) is 0 Å². The summed E-state index contributed by atoms with van der Waals surface area (Å²) in [6.45, 7) is 1.12. The number of rotatable bonds is 5. The minimum absolute atomic E-state index is 0.0232. The van der Waals surface area contributed by atoms with E-state index in [0.29, 0.717) is 19.0 Å². The summed E-state index contributed by atoms with van der Waals surface area (Å²) in [7, 11) is 0. The van der Waals surface area contributed by atoms with Crippen molar-refractivity contribution in [2.45, 2.75) is 32.0 Å². The maximum atomic E-state index is 13.4. The van der Waals surface area contributed by atoms with E-state index in [1.807, 2.05) is 17.0 Å². The third kappa shape index (κ3) is 6.18. The number of pyridine rings is 1. The molecule has 1 aromatic carbocycles. The first-order valence-corrected chi connectivity index (χ1v) is 10.1. The maximum Gasteiger partial charge on any atom is 0.418 e. The largest absolute Gasteiger partial charge is 0.418 e. The van der Waals surface area contributed by atoms with Crippen molar-refractivity contribution in [2.24, 2.45) is 5.92 Å². The van der Waals surface area contributed by atoms with Crippen LogP contribution >= 0.6 is 23.8 Å². The van der Waals surface area contributed by atoms with Crippen molar-refractivity contribution in [3.05, 3.63) is 71.0 Å². The summed E-state index contributed by atoms with van der Waals surface area (Å²) in [5.74, 6) is 0.392. The molecule has 0 spiro atoms. The number of hydrogen-bond donors (Lipinski definition) is 1. The van der Waals surface area contributed by atoms with E-state index in [1.54, 1.807) is 12.4 Å². The van der Waals surface area contributed by atoms with Crippen molar-refractivity contribution < 1.29 is 13.2 Å². The van der Waals surface area contributed by atoms with Gasteiger partial charge in [0.2, 0.25) is 0 Å². The number of allylic oxidation sites excluding steroid dienone is 2. The number of hydrogen-bond acceptors (Lipinski definition) is 2. The zero-order valence-electron chi connectivity index (χ0n) is 15.6. The molecule has 2 aromatic rings. The fourth-order valence-corrected chi connectivity index (χ4v) is 3.74. The van der Waals surface area contributed by atoms with Gasteiger partial charge in [-0.1, -0.05) is 29.8 Å². The molecule has 0 aliphatic heterocycles. The van der Waals surface area contributed by atoms with Gasteiger partial charge in [0.25, 0.3) is 0 Å². The lowest BCUT2D eigenvalue weighted by Gasteiger charge is -2.31. The predicted octanol–water partition coefficient (Wildman–Crippen LogP) is 6.31. The van der Waals surface area contributed by atoms with Crippen LogP contribution in [0, 0.1) is 5.92 Å². The van der Waals surface area contributed by atoms with Crippen LogP contribution in [0.1, 0.15) is 30.4 Å². The highest BCUT2D eigenvalue weighted by Gasteiger charge is 2.34. The number of thiocarbonyl (C=S) groups is 1. The highest BCUT2D eigenvalue weighted by atomic mass is 35.5. The molecule has 29 heavy (non-hydrogen) atoms. The molecule has 1 atom stereocenters. The second-order valence-corrected chi connectivity index (χ2v) is 7.83. The molecule has 8 heteroatoms. The molecule has 1 aliphatic rings. The molecule has 0 saturated heterocycles. The van der Waals surface area contributed by atoms with Crippen LogP contribution in [0.5, 0.6) is 0 Å². The Labute approximate surface area is 178 Å². The highest BCUT2D eigenvalue weighted by molar-refractivity contribution is 7.80. The van der Waals surface area contributed by atoms with E-state index in [2.05, 4.69) is 22.5 Å². The van der Waals surface area contributed by atoms with Crippen molar-refractivity contribution in [1.29, 1.82) is 0 Å². The molecule has 0 radical (unpaired) electrons. The first-order chi connectivity index (χ1) is 13.8. The third-order valence-corrected chi connectivity index (χ3v) is 5.36. The van der Waals surface area contributed by atoms with E-state index >= 15 is 0 Å². The Morgan fingerprint density at radius 3 is 2.76 bits per heavy atom. The molecular weight excluding hydrogens is 419 g/mol. The van der Waals surface area contributed by atoms with Gasteiger partial charge in [-0.05, 0) is 67.2 Å². The van der Waals surface area contributed by atoms with E-state index in [1.165, 1.54) is 12.1 Å². The molecular formula is C21H21ClF3N3S. The van der Waals surface area contributed by atoms with Gasteiger partial charge in [0.15, 0.2) is 5.11 Å². The van der Waals surface area contributed by atoms with Gasteiger partial charge in [-0.15, -0.1) is 0 Å². The quantitative estimate of drug-likeness (QED) is 0.436. The van der Waals surface area contributed by atoms with E-state index in [-0.39, 0.29) is 15.8 Å². The zero-order valence-corrected chi connectivity index (χ0v) is 17.2. The summed E-state index contributed by atoms with van der Waals surface area (Å²) in [4.78, 5) is 6.03. The number of benzene rings is 1. The molecule has 1 heterocycles. The van der Waals surface area contributed by atoms with Gasteiger partial charge < -0.3 is 10.2 Å². The number of anilines is 1. The Morgan fingerprint density at radius 2 is 2.10 bits per heavy atom. The predicted molar refractivity (Wildman–Crippen MR) is 114 cm³/mol. The second kappa shape index (κ2) is 9.59. The Balaban J connectivity index is 1.81. The molecule has 1 aromatic heterocycles. The lowest BCUT2D eigenvalue weighted by atomic mass is 9.94. The Morgan fingerprint density at radius 1 is 1.28 bits per heavy atom. The SMILES string of the molecule is FC(F)(F)c1cc(Cl)ccc1NC(=S)N(Cc1cccnc1)C[C@@H]1CC=CCC1. The first-order valence-electron chi connectivity index (χ1n) is 9.29. The van der Waals surface area contributed by atoms with Crippen LogP contribution < -0.4 is 5.32 Å². The lowest BCUT2D eigenvalue weighted by molar-refractivity contribution is -0.136. The van der Waals surface area contributed by atoms with Crippen LogP contribution in [0.2, 0.25) is 5.02 Å². The number of nitrogens with one attached hydrogen (secondary N) is 1. The molecule has 0 fully saturated rings. The summed E-state index contributed by atoms with van der Waals surface area (Å²) in [5.41, 5.74) is -0.00365. The van der Waals surface area contributed by atoms with Gasteiger partial charge in [-0.2, -0.15) is 13.2 Å². The average Bonchev–Trinajstić information content (AvgIpc) is 2.69. The summed E-state index contributed by atoms with van der Waals surface area (Å²) in [5, 5.41) is 3.06. The van der Waals surface area contributed by atoms with Gasteiger partial charge in [-0.25, -0.2) is 0 Å². The fourth-order valence-electron chi connectivity index (χ4n) is 3.32. The van der Waals surface area contributed by atoms with Crippen molar-refractivity contribution >= 4 is 34.6 Å². The van der Waals surface area contributed by atoms with Crippen molar-refractivity contribution in [3.63, 3.8) is 0 Å². The average molecular weight is 440 g/mol. The number of nitrogens with zero attached hydrogens (tertiary/aromatic N) is 2. The summed E-state index contributed by atoms with van der Waals surface area (Å²) >= 11 is 11.3. The minimum atomic E-state index is -4.54. The maximum absolute atomic E-state index is 13.4. The van der Waals surface area contributed by atoms with Crippen LogP contribution in [0.25, 0.3) is 0 Å². The molecule has 3 nitrogen and oxygen atoms in total. The summed E-state index contributed by atoms with van der Waals surface area (Å²) in [6, 6.07) is 7.38. The normalized spacial score (nSPS) is 16.5. The molecule has 0 bridgehead atoms. The van der Waals surface area contributed by atoms with Gasteiger partial charge in [-0.3, -0.25) is 4.98 Å². The number of aromatic nitrogens is 1. The topological polar surface area (TPSA) is 28.2 Å². The van der Waals surface area contributed by atoms with Crippen LogP contribution in [0.3, 0.4) is 0 Å². The zero-order chi connectivity index (χ0) is 20.9. The van der Waals surface area contributed by atoms with Gasteiger partial charge in [0.05, 0.1) is 11.3 Å². The van der Waals surface area contributed by atoms with Crippen LogP contribution in [-0.4, -0.2) is 21.5 Å². The van der Waals surface area contributed by atoms with Gasteiger partial charge >= 0.3 is 6.18 Å². The van der Waals surface area contributed by atoms with Crippen molar-refractivity contribution in [1.82, 2.24) is 9.88 Å².